The second-order valence-electron chi connectivity index (χ2n) is 17.1. The van der Waals surface area contributed by atoms with Gasteiger partial charge < -0.3 is 29.9 Å². The van der Waals surface area contributed by atoms with E-state index in [0.29, 0.717) is 32.2 Å². The Hall–Kier alpha value is -3.40. The van der Waals surface area contributed by atoms with Gasteiger partial charge in [0.05, 0.1) is 47.9 Å². The second kappa shape index (κ2) is 22.3. The van der Waals surface area contributed by atoms with E-state index in [9.17, 15) is 32.4 Å². The molecule has 1 aromatic carbocycles. The molecular weight excluding hydrogens is 763 g/mol. The molecule has 1 aromatic rings. The molecule has 2 fully saturated rings. The van der Waals surface area contributed by atoms with E-state index in [1.165, 1.54) is 7.11 Å². The van der Waals surface area contributed by atoms with Crippen LogP contribution in [0.5, 0.6) is 0 Å². The van der Waals surface area contributed by atoms with E-state index in [2.05, 4.69) is 15.4 Å². The molecule has 2 aliphatic rings. The number of Topliss-reactive ketones (excluding diaryl/α,β-unsaturated/α-hetero) is 1. The van der Waals surface area contributed by atoms with E-state index >= 15 is 0 Å². The first-order valence-corrected chi connectivity index (χ1v) is 22.6. The number of methoxy groups -OCH3 is 2. The Morgan fingerprint density at radius 2 is 1.53 bits per heavy atom. The number of amides is 4. The van der Waals surface area contributed by atoms with Crippen LogP contribution >= 0.6 is 0 Å². The van der Waals surface area contributed by atoms with Gasteiger partial charge in [-0.05, 0) is 56.0 Å². The number of hydrogen-bond donors (Lipinski definition) is 3. The predicted octanol–water partition coefficient (Wildman–Crippen LogP) is 3.72. The molecule has 1 saturated carbocycles. The van der Waals surface area contributed by atoms with Crippen LogP contribution in [0.4, 0.5) is 0 Å². The number of carbonyl (C=O) groups is 5. The molecule has 1 aliphatic carbocycles. The molecule has 0 aromatic heterocycles. The fraction of sp³-hybridized carbons (Fsp3) is 0.744. The molecule has 0 bridgehead atoms. The largest absolute Gasteiger partial charge is 0.379 e. The third kappa shape index (κ3) is 12.8. The Morgan fingerprint density at radius 3 is 2.05 bits per heavy atom. The zero-order valence-electron chi connectivity index (χ0n) is 36.7. The van der Waals surface area contributed by atoms with Crippen molar-refractivity contribution in [1.29, 1.82) is 0 Å². The maximum atomic E-state index is 14.3. The van der Waals surface area contributed by atoms with E-state index in [-0.39, 0.29) is 60.7 Å². The van der Waals surface area contributed by atoms with Crippen LogP contribution in [0.1, 0.15) is 99.0 Å². The smallest absolute Gasteiger partial charge is 0.256 e. The van der Waals surface area contributed by atoms with E-state index < -0.39 is 69.3 Å². The first-order valence-electron chi connectivity index (χ1n) is 21.0. The molecule has 15 heteroatoms. The number of hydrogen-bond acceptors (Lipinski definition) is 10. The molecule has 1 heterocycles. The van der Waals surface area contributed by atoms with E-state index in [1.54, 1.807) is 62.2 Å². The molecule has 58 heavy (non-hydrogen) atoms. The minimum Gasteiger partial charge on any atom is -0.379 e. The molecule has 0 unspecified atom stereocenters. The summed E-state index contributed by atoms with van der Waals surface area (Å²) in [6.45, 7) is 14.0. The second-order valence-corrected chi connectivity index (χ2v) is 19.0. The first kappa shape index (κ1) is 49.0. The van der Waals surface area contributed by atoms with Crippen LogP contribution in [0.25, 0.3) is 0 Å². The molecule has 9 atom stereocenters. The number of benzene rings is 1. The summed E-state index contributed by atoms with van der Waals surface area (Å²) < 4.78 is 39.5. The fourth-order valence-electron chi connectivity index (χ4n) is 8.42. The van der Waals surface area contributed by atoms with Crippen molar-refractivity contribution < 1.29 is 41.9 Å². The first-order chi connectivity index (χ1) is 27.3. The van der Waals surface area contributed by atoms with Crippen molar-refractivity contribution in [3.8, 4) is 0 Å². The maximum absolute atomic E-state index is 14.3. The Morgan fingerprint density at radius 1 is 0.897 bits per heavy atom. The van der Waals surface area contributed by atoms with Crippen LogP contribution < -0.4 is 15.4 Å². The molecule has 4 amide bonds. The quantitative estimate of drug-likeness (QED) is 0.139. The summed E-state index contributed by atoms with van der Waals surface area (Å²) in [6, 6.07) is 6.57. The lowest BCUT2D eigenvalue weighted by atomic mass is 9.84. The lowest BCUT2D eigenvalue weighted by Crippen LogP contribution is -2.55. The Bertz CT molecular complexity index is 1640. The highest BCUT2D eigenvalue weighted by molar-refractivity contribution is 7.90. The molecule has 1 aliphatic heterocycles. The molecule has 3 N–H and O–H groups in total. The summed E-state index contributed by atoms with van der Waals surface area (Å²) in [4.78, 5) is 72.6. The van der Waals surface area contributed by atoms with Gasteiger partial charge in [-0.3, -0.25) is 28.7 Å². The molecule has 3 rings (SSSR count). The summed E-state index contributed by atoms with van der Waals surface area (Å²) >= 11 is 0. The monoisotopic (exact) mass is 833 g/mol. The van der Waals surface area contributed by atoms with Gasteiger partial charge in [0.25, 0.3) is 5.91 Å². The standard InChI is InChI=1S/C43H71N5O9S/c1-12-28(6)39(47(9)43(53)32(26(2)3)24-35(49)38(44-8)27(4)5)36(56-10)25-37(50)48-22-16-19-34(48)40(57-11)29(7)41(51)45-33(23-30-17-14-13-15-18-30)42(52)46-58(54,55)31-20-21-31/h13-15,17-18,26-29,31-34,36,38-40,44H,12,16,19-25H2,1-11H3,(H,45,51)(H,46,52)/t28-,29+,32-,33-,34-,36+,38-,39-,40+/m0/s1. The number of nitrogens with one attached hydrogen (secondary N) is 3. The minimum atomic E-state index is -3.85. The normalized spacial score (nSPS) is 20.1. The summed E-state index contributed by atoms with van der Waals surface area (Å²) in [6.07, 6.45) is 1.70. The number of ketones is 1. The number of nitrogens with zero attached hydrogens (tertiary/aromatic N) is 2. The molecule has 1 saturated heterocycles. The SMILES string of the molecule is CC[C@H](C)[C@@H]([C@@H](CC(=O)N1CCC[C@H]1[C@H](OC)[C@@H](C)C(=O)N[C@@H](Cc1ccccc1)C(=O)NS(=O)(=O)C1CC1)OC)N(C)C(=O)[C@@H](CC(=O)[C@@H](NC)C(C)C)C(C)C. The van der Waals surface area contributed by atoms with Crippen molar-refractivity contribution in [3.05, 3.63) is 35.9 Å². The van der Waals surface area contributed by atoms with E-state index in [1.807, 2.05) is 47.6 Å². The Labute approximate surface area is 347 Å². The zero-order valence-corrected chi connectivity index (χ0v) is 37.5. The highest BCUT2D eigenvalue weighted by Crippen LogP contribution is 2.31. The highest BCUT2D eigenvalue weighted by atomic mass is 32.2. The van der Waals surface area contributed by atoms with Gasteiger partial charge in [-0.25, -0.2) is 8.42 Å². The van der Waals surface area contributed by atoms with Crippen LogP contribution in [0.3, 0.4) is 0 Å². The van der Waals surface area contributed by atoms with Crippen LogP contribution in [-0.2, 0) is 49.9 Å². The Balaban J connectivity index is 1.80. The van der Waals surface area contributed by atoms with E-state index in [4.69, 9.17) is 9.47 Å². The van der Waals surface area contributed by atoms with Crippen molar-refractivity contribution in [2.45, 2.75) is 141 Å². The van der Waals surface area contributed by atoms with Crippen molar-refractivity contribution in [3.63, 3.8) is 0 Å². The van der Waals surface area contributed by atoms with Crippen molar-refractivity contribution in [2.75, 3.05) is 34.9 Å². The number of sulfonamides is 1. The van der Waals surface area contributed by atoms with Gasteiger partial charge in [0.1, 0.15) is 6.04 Å². The predicted molar refractivity (Wildman–Crippen MR) is 224 cm³/mol. The van der Waals surface area contributed by atoms with Gasteiger partial charge in [-0.15, -0.1) is 0 Å². The molecule has 328 valence electrons. The lowest BCUT2D eigenvalue weighted by molar-refractivity contribution is -0.149. The van der Waals surface area contributed by atoms with Crippen LogP contribution in [-0.4, -0.2) is 124 Å². The summed E-state index contributed by atoms with van der Waals surface area (Å²) in [5.41, 5.74) is 0.743. The molecular formula is C43H71N5O9S. The average molecular weight is 834 g/mol. The molecule has 14 nitrogen and oxygen atoms in total. The average Bonchev–Trinajstić information content (AvgIpc) is 3.95. The van der Waals surface area contributed by atoms with Crippen molar-refractivity contribution in [1.82, 2.24) is 25.2 Å². The zero-order chi connectivity index (χ0) is 43.5. The lowest BCUT2D eigenvalue weighted by Gasteiger charge is -2.41. The third-order valence-electron chi connectivity index (χ3n) is 12.2. The maximum Gasteiger partial charge on any atom is 0.256 e. The van der Waals surface area contributed by atoms with E-state index in [0.717, 1.165) is 12.0 Å². The summed E-state index contributed by atoms with van der Waals surface area (Å²) in [7, 11) is 2.66. The topological polar surface area (TPSA) is 181 Å². The van der Waals surface area contributed by atoms with Crippen LogP contribution in [0, 0.1) is 29.6 Å². The molecule has 0 radical (unpaired) electrons. The van der Waals surface area contributed by atoms with Gasteiger partial charge in [0.2, 0.25) is 27.7 Å². The van der Waals surface area contributed by atoms with Crippen LogP contribution in [0.2, 0.25) is 0 Å². The summed E-state index contributed by atoms with van der Waals surface area (Å²) in [5.74, 6) is -3.13. The van der Waals surface area contributed by atoms with Gasteiger partial charge in [-0.2, -0.15) is 0 Å². The Kier molecular flexibility index (Phi) is 18.8. The van der Waals surface area contributed by atoms with Crippen molar-refractivity contribution >= 4 is 39.4 Å². The van der Waals surface area contributed by atoms with Gasteiger partial charge in [0, 0.05) is 46.6 Å². The van der Waals surface area contributed by atoms with Gasteiger partial charge in [0.15, 0.2) is 5.78 Å². The molecule has 0 spiro atoms. The van der Waals surface area contributed by atoms with Gasteiger partial charge in [-0.1, -0.05) is 85.2 Å². The van der Waals surface area contributed by atoms with Crippen molar-refractivity contribution in [2.24, 2.45) is 29.6 Å². The number of carbonyl (C=O) groups excluding carboxylic acids is 5. The number of ether oxygens (including phenoxy) is 2. The minimum absolute atomic E-state index is 0.0105. The highest BCUT2D eigenvalue weighted by Gasteiger charge is 2.44. The summed E-state index contributed by atoms with van der Waals surface area (Å²) in [5, 5.41) is 5.28. The number of likely N-dealkylation sites (tertiary alicyclic amines) is 1. The third-order valence-corrected chi connectivity index (χ3v) is 14.1. The number of likely N-dealkylation sites (N-methyl/N-ethyl adjacent to an activating group) is 2. The van der Waals surface area contributed by atoms with Gasteiger partial charge >= 0.3 is 0 Å². The fourth-order valence-corrected chi connectivity index (χ4v) is 9.77. The number of rotatable bonds is 24. The van der Waals surface area contributed by atoms with Crippen LogP contribution in [0.15, 0.2) is 30.3 Å².